The van der Waals surface area contributed by atoms with E-state index in [2.05, 4.69) is 5.32 Å². The lowest BCUT2D eigenvalue weighted by Crippen LogP contribution is -2.37. The Hall–Kier alpha value is -1.77. The highest BCUT2D eigenvalue weighted by molar-refractivity contribution is 5.60. The molecule has 1 rings (SSSR count). The van der Waals surface area contributed by atoms with Crippen molar-refractivity contribution in [1.82, 2.24) is 0 Å². The van der Waals surface area contributed by atoms with Crippen LogP contribution in [0.2, 0.25) is 0 Å². The number of ether oxygens (including phenoxy) is 1. The van der Waals surface area contributed by atoms with Crippen LogP contribution in [0.4, 0.5) is 5.69 Å². The van der Waals surface area contributed by atoms with E-state index in [1.165, 1.54) is 14.0 Å². The van der Waals surface area contributed by atoms with E-state index in [-0.39, 0.29) is 13.2 Å². The average Bonchev–Trinajstić information content (AvgIpc) is 2.36. The zero-order valence-corrected chi connectivity index (χ0v) is 9.90. The highest BCUT2D eigenvalue weighted by Gasteiger charge is 2.19. The summed E-state index contributed by atoms with van der Waals surface area (Å²) in [6.07, 6.45) is 0. The number of nitrogens with zero attached hydrogens (tertiary/aromatic N) is 1. The lowest BCUT2D eigenvalue weighted by molar-refractivity contribution is 0.0132. The van der Waals surface area contributed by atoms with Crippen molar-refractivity contribution in [3.63, 3.8) is 0 Å². The average molecular weight is 236 g/mol. The van der Waals surface area contributed by atoms with Crippen molar-refractivity contribution in [2.24, 2.45) is 0 Å². The molecule has 0 bridgehead atoms. The monoisotopic (exact) mass is 236 g/mol. The van der Waals surface area contributed by atoms with E-state index in [4.69, 9.17) is 15.1 Å². The molecule has 92 valence electrons. The van der Waals surface area contributed by atoms with Gasteiger partial charge in [0.25, 0.3) is 0 Å². The highest BCUT2D eigenvalue weighted by atomic mass is 16.5. The van der Waals surface area contributed by atoms with Gasteiger partial charge in [0.05, 0.1) is 25.0 Å². The minimum absolute atomic E-state index is 0.144. The van der Waals surface area contributed by atoms with Crippen molar-refractivity contribution in [3.8, 4) is 11.8 Å². The zero-order valence-electron chi connectivity index (χ0n) is 9.90. The summed E-state index contributed by atoms with van der Waals surface area (Å²) in [7, 11) is 1.54. The number of hydrogen-bond donors (Lipinski definition) is 3. The second kappa shape index (κ2) is 5.53. The van der Waals surface area contributed by atoms with E-state index >= 15 is 0 Å². The normalized spacial score (nSPS) is 13.6. The van der Waals surface area contributed by atoms with Crippen LogP contribution < -0.4 is 10.1 Å². The smallest absolute Gasteiger partial charge is 0.121 e. The maximum Gasteiger partial charge on any atom is 0.121 e. The Morgan fingerprint density at radius 2 is 2.24 bits per heavy atom. The van der Waals surface area contributed by atoms with E-state index in [0.29, 0.717) is 17.0 Å². The number of rotatable bonds is 5. The van der Waals surface area contributed by atoms with Crippen LogP contribution in [0.15, 0.2) is 18.2 Å². The van der Waals surface area contributed by atoms with E-state index in [1.54, 1.807) is 18.2 Å². The van der Waals surface area contributed by atoms with Crippen molar-refractivity contribution < 1.29 is 14.9 Å². The molecule has 0 amide bonds. The van der Waals surface area contributed by atoms with E-state index in [9.17, 15) is 5.11 Å². The third-order valence-electron chi connectivity index (χ3n) is 2.35. The molecule has 1 unspecified atom stereocenters. The zero-order chi connectivity index (χ0) is 12.9. The predicted octanol–water partition coefficient (Wildman–Crippen LogP) is 0.722. The molecule has 0 saturated carbocycles. The van der Waals surface area contributed by atoms with Crippen LogP contribution in [-0.2, 0) is 0 Å². The van der Waals surface area contributed by atoms with Crippen LogP contribution in [0.5, 0.6) is 5.75 Å². The second-order valence-electron chi connectivity index (χ2n) is 4.03. The van der Waals surface area contributed by atoms with Crippen LogP contribution >= 0.6 is 0 Å². The molecule has 17 heavy (non-hydrogen) atoms. The Morgan fingerprint density at radius 1 is 1.53 bits per heavy atom. The van der Waals surface area contributed by atoms with Crippen LogP contribution in [0.1, 0.15) is 12.5 Å². The number of benzene rings is 1. The largest absolute Gasteiger partial charge is 0.497 e. The van der Waals surface area contributed by atoms with Gasteiger partial charge >= 0.3 is 0 Å². The summed E-state index contributed by atoms with van der Waals surface area (Å²) in [4.78, 5) is 0. The Balaban J connectivity index is 2.86. The van der Waals surface area contributed by atoms with Gasteiger partial charge in [0.2, 0.25) is 0 Å². The molecule has 5 nitrogen and oxygen atoms in total. The van der Waals surface area contributed by atoms with E-state index < -0.39 is 5.60 Å². The van der Waals surface area contributed by atoms with Gasteiger partial charge < -0.3 is 20.3 Å². The molecule has 1 aromatic carbocycles. The van der Waals surface area contributed by atoms with Gasteiger partial charge in [0, 0.05) is 12.6 Å². The van der Waals surface area contributed by atoms with Gasteiger partial charge in [-0.25, -0.2) is 0 Å². The maximum atomic E-state index is 9.65. The summed E-state index contributed by atoms with van der Waals surface area (Å²) in [5.74, 6) is 0.621. The quantitative estimate of drug-likeness (QED) is 0.701. The standard InChI is InChI=1S/C12H16N2O3/c1-12(16,8-15)7-14-11-5-10(17-2)4-3-9(11)6-13/h3-5,14-16H,7-8H2,1-2H3. The molecule has 1 aromatic rings. The van der Waals surface area contributed by atoms with Gasteiger partial charge in [-0.1, -0.05) is 0 Å². The molecule has 0 aliphatic rings. The lowest BCUT2D eigenvalue weighted by atomic mass is 10.1. The number of nitrogens with one attached hydrogen (secondary N) is 1. The Kier molecular flexibility index (Phi) is 4.32. The third kappa shape index (κ3) is 3.63. The van der Waals surface area contributed by atoms with Crippen molar-refractivity contribution in [3.05, 3.63) is 23.8 Å². The number of aliphatic hydroxyl groups excluding tert-OH is 1. The van der Waals surface area contributed by atoms with Crippen LogP contribution in [0.3, 0.4) is 0 Å². The summed E-state index contributed by atoms with van der Waals surface area (Å²) in [5.41, 5.74) is -0.199. The third-order valence-corrected chi connectivity index (χ3v) is 2.35. The van der Waals surface area contributed by atoms with Gasteiger partial charge in [-0.15, -0.1) is 0 Å². The molecule has 5 heteroatoms. The second-order valence-corrected chi connectivity index (χ2v) is 4.03. The van der Waals surface area contributed by atoms with Gasteiger partial charge in [0.1, 0.15) is 17.4 Å². The molecule has 0 heterocycles. The topological polar surface area (TPSA) is 85.5 Å². The molecular formula is C12H16N2O3. The summed E-state index contributed by atoms with van der Waals surface area (Å²) < 4.78 is 5.05. The fourth-order valence-electron chi connectivity index (χ4n) is 1.24. The van der Waals surface area contributed by atoms with Crippen molar-refractivity contribution in [2.75, 3.05) is 25.6 Å². The van der Waals surface area contributed by atoms with Crippen molar-refractivity contribution in [2.45, 2.75) is 12.5 Å². The predicted molar refractivity (Wildman–Crippen MR) is 63.9 cm³/mol. The summed E-state index contributed by atoms with van der Waals surface area (Å²) in [6, 6.07) is 7.03. The molecule has 3 N–H and O–H groups in total. The molecule has 0 aromatic heterocycles. The van der Waals surface area contributed by atoms with E-state index in [0.717, 1.165) is 0 Å². The molecule has 0 aliphatic heterocycles. The first-order valence-corrected chi connectivity index (χ1v) is 5.17. The lowest BCUT2D eigenvalue weighted by Gasteiger charge is -2.21. The van der Waals surface area contributed by atoms with Gasteiger partial charge in [0.15, 0.2) is 0 Å². The summed E-state index contributed by atoms with van der Waals surface area (Å²) in [5, 5.41) is 30.4. The number of aliphatic hydroxyl groups is 2. The Morgan fingerprint density at radius 3 is 2.76 bits per heavy atom. The molecule has 0 radical (unpaired) electrons. The minimum Gasteiger partial charge on any atom is -0.497 e. The van der Waals surface area contributed by atoms with Crippen LogP contribution in [0.25, 0.3) is 0 Å². The van der Waals surface area contributed by atoms with Crippen LogP contribution in [-0.4, -0.2) is 36.1 Å². The Labute approximate surface area is 100 Å². The SMILES string of the molecule is COc1ccc(C#N)c(NCC(C)(O)CO)c1. The number of nitriles is 1. The van der Waals surface area contributed by atoms with Crippen molar-refractivity contribution >= 4 is 5.69 Å². The molecular weight excluding hydrogens is 220 g/mol. The first-order valence-electron chi connectivity index (χ1n) is 5.17. The van der Waals surface area contributed by atoms with Gasteiger partial charge in [-0.05, 0) is 19.1 Å². The summed E-state index contributed by atoms with van der Waals surface area (Å²) in [6.45, 7) is 1.30. The number of anilines is 1. The summed E-state index contributed by atoms with van der Waals surface area (Å²) >= 11 is 0. The fourth-order valence-corrected chi connectivity index (χ4v) is 1.24. The number of hydrogen-bond acceptors (Lipinski definition) is 5. The van der Waals surface area contributed by atoms with E-state index in [1.807, 2.05) is 6.07 Å². The van der Waals surface area contributed by atoms with Crippen molar-refractivity contribution in [1.29, 1.82) is 5.26 Å². The molecule has 0 saturated heterocycles. The Bertz CT molecular complexity index is 424. The first kappa shape index (κ1) is 13.3. The maximum absolute atomic E-state index is 9.65. The van der Waals surface area contributed by atoms with Gasteiger partial charge in [-0.3, -0.25) is 0 Å². The molecule has 0 aliphatic carbocycles. The fraction of sp³-hybridized carbons (Fsp3) is 0.417. The highest BCUT2D eigenvalue weighted by Crippen LogP contribution is 2.22. The first-order chi connectivity index (χ1) is 8.02. The molecule has 1 atom stereocenters. The van der Waals surface area contributed by atoms with Crippen LogP contribution in [0, 0.1) is 11.3 Å². The molecule has 0 fully saturated rings. The van der Waals surface area contributed by atoms with Gasteiger partial charge in [-0.2, -0.15) is 5.26 Å². The molecule has 0 spiro atoms. The number of methoxy groups -OCH3 is 1. The minimum atomic E-state index is -1.23.